The van der Waals surface area contributed by atoms with Crippen LogP contribution in [0.15, 0.2) is 66.4 Å². The molecular formula is C17H15NO2. The van der Waals surface area contributed by atoms with Gasteiger partial charge in [-0.05, 0) is 17.2 Å². The Bertz CT molecular complexity index is 620. The van der Waals surface area contributed by atoms with Crippen LogP contribution in [0.2, 0.25) is 0 Å². The first-order valence-electron chi connectivity index (χ1n) is 6.57. The molecule has 100 valence electrons. The van der Waals surface area contributed by atoms with Gasteiger partial charge in [-0.2, -0.15) is 0 Å². The molecule has 1 aliphatic rings. The smallest absolute Gasteiger partial charge is 0.413 e. The molecule has 0 atom stereocenters. The van der Waals surface area contributed by atoms with E-state index >= 15 is 0 Å². The second-order valence-corrected chi connectivity index (χ2v) is 4.73. The number of amides is 1. The number of ether oxygens (including phenoxy) is 1. The summed E-state index contributed by atoms with van der Waals surface area (Å²) in [6.07, 6.45) is 1.62. The predicted octanol–water partition coefficient (Wildman–Crippen LogP) is 3.68. The van der Waals surface area contributed by atoms with E-state index in [1.807, 2.05) is 66.7 Å². The summed E-state index contributed by atoms with van der Waals surface area (Å²) in [7, 11) is 0. The zero-order valence-corrected chi connectivity index (χ0v) is 11.0. The summed E-state index contributed by atoms with van der Waals surface area (Å²) >= 11 is 0. The monoisotopic (exact) mass is 265 g/mol. The van der Waals surface area contributed by atoms with E-state index in [9.17, 15) is 4.79 Å². The van der Waals surface area contributed by atoms with Crippen LogP contribution in [0.4, 0.5) is 4.79 Å². The largest absolute Gasteiger partial charge is 0.415 e. The van der Waals surface area contributed by atoms with E-state index in [1.54, 1.807) is 4.90 Å². The number of hydrogen-bond acceptors (Lipinski definition) is 2. The van der Waals surface area contributed by atoms with Crippen molar-refractivity contribution in [2.24, 2.45) is 0 Å². The molecule has 1 fully saturated rings. The molecule has 1 saturated heterocycles. The fourth-order valence-corrected chi connectivity index (χ4v) is 2.20. The Balaban J connectivity index is 1.71. The Kier molecular flexibility index (Phi) is 3.50. The minimum absolute atomic E-state index is 0.281. The van der Waals surface area contributed by atoms with E-state index in [-0.39, 0.29) is 6.09 Å². The summed E-state index contributed by atoms with van der Waals surface area (Å²) in [5, 5.41) is 0. The lowest BCUT2D eigenvalue weighted by molar-refractivity contribution is 0.167. The van der Waals surface area contributed by atoms with Gasteiger partial charge < -0.3 is 4.74 Å². The fourth-order valence-electron chi connectivity index (χ4n) is 2.20. The molecule has 0 aliphatic carbocycles. The third kappa shape index (κ3) is 2.88. The average Bonchev–Trinajstić information content (AvgIpc) is 2.81. The molecule has 0 unspecified atom stereocenters. The van der Waals surface area contributed by atoms with Crippen LogP contribution in [-0.4, -0.2) is 17.5 Å². The molecule has 0 bridgehead atoms. The van der Waals surface area contributed by atoms with Crippen LogP contribution in [0, 0.1) is 0 Å². The lowest BCUT2D eigenvalue weighted by atomic mass is 10.2. The van der Waals surface area contributed by atoms with E-state index in [0.717, 1.165) is 11.1 Å². The molecule has 3 nitrogen and oxygen atoms in total. The molecule has 2 aromatic rings. The van der Waals surface area contributed by atoms with Crippen molar-refractivity contribution in [1.82, 2.24) is 4.90 Å². The van der Waals surface area contributed by atoms with Gasteiger partial charge in [-0.3, -0.25) is 4.90 Å². The lowest BCUT2D eigenvalue weighted by Gasteiger charge is -2.11. The summed E-state index contributed by atoms with van der Waals surface area (Å²) < 4.78 is 5.30. The number of carbonyl (C=O) groups excluding carboxylic acids is 1. The van der Waals surface area contributed by atoms with Gasteiger partial charge >= 0.3 is 6.09 Å². The van der Waals surface area contributed by atoms with E-state index < -0.39 is 0 Å². The minimum atomic E-state index is -0.281. The Morgan fingerprint density at radius 3 is 2.35 bits per heavy atom. The average molecular weight is 265 g/mol. The zero-order valence-electron chi connectivity index (χ0n) is 11.0. The quantitative estimate of drug-likeness (QED) is 0.847. The minimum Gasteiger partial charge on any atom is -0.413 e. The Hall–Kier alpha value is -2.55. The van der Waals surface area contributed by atoms with Crippen LogP contribution in [-0.2, 0) is 11.3 Å². The highest BCUT2D eigenvalue weighted by atomic mass is 16.6. The Morgan fingerprint density at radius 2 is 1.65 bits per heavy atom. The third-order valence-electron chi connectivity index (χ3n) is 3.17. The molecule has 0 N–H and O–H groups in total. The van der Waals surface area contributed by atoms with Crippen LogP contribution in [0.5, 0.6) is 0 Å². The first kappa shape index (κ1) is 12.5. The number of cyclic esters (lactones) is 1. The zero-order chi connectivity index (χ0) is 13.8. The molecule has 1 aliphatic heterocycles. The highest BCUT2D eigenvalue weighted by Gasteiger charge is 2.26. The van der Waals surface area contributed by atoms with Gasteiger partial charge in [-0.25, -0.2) is 4.79 Å². The molecule has 0 spiro atoms. The van der Waals surface area contributed by atoms with Crippen molar-refractivity contribution in [1.29, 1.82) is 0 Å². The van der Waals surface area contributed by atoms with Crippen molar-refractivity contribution in [2.75, 3.05) is 6.54 Å². The lowest BCUT2D eigenvalue weighted by Crippen LogP contribution is -2.23. The van der Waals surface area contributed by atoms with Gasteiger partial charge in [0.25, 0.3) is 0 Å². The van der Waals surface area contributed by atoms with Crippen molar-refractivity contribution >= 4 is 12.2 Å². The van der Waals surface area contributed by atoms with Crippen LogP contribution >= 0.6 is 0 Å². The highest BCUT2D eigenvalue weighted by Crippen LogP contribution is 2.19. The maximum absolute atomic E-state index is 11.8. The van der Waals surface area contributed by atoms with Crippen molar-refractivity contribution in [3.05, 3.63) is 77.5 Å². The maximum Gasteiger partial charge on any atom is 0.415 e. The van der Waals surface area contributed by atoms with Gasteiger partial charge in [0.15, 0.2) is 0 Å². The first-order chi connectivity index (χ1) is 9.81. The van der Waals surface area contributed by atoms with Gasteiger partial charge in [0.1, 0.15) is 5.76 Å². The fraction of sp³-hybridized carbons (Fsp3) is 0.118. The number of rotatable bonds is 3. The molecule has 1 heterocycles. The number of hydrogen-bond donors (Lipinski definition) is 0. The number of carbonyl (C=O) groups is 1. The third-order valence-corrected chi connectivity index (χ3v) is 3.17. The number of benzene rings is 2. The SMILES string of the molecule is O=C1OC(=Cc2ccccc2)CN1Cc1ccccc1. The van der Waals surface area contributed by atoms with Crippen molar-refractivity contribution in [3.63, 3.8) is 0 Å². The Labute approximate surface area is 118 Å². The van der Waals surface area contributed by atoms with Gasteiger partial charge in [-0.15, -0.1) is 0 Å². The normalized spacial score (nSPS) is 16.5. The second kappa shape index (κ2) is 5.61. The molecule has 1 amide bonds. The summed E-state index contributed by atoms with van der Waals surface area (Å²) in [4.78, 5) is 13.5. The van der Waals surface area contributed by atoms with Gasteiger partial charge in [0, 0.05) is 6.54 Å². The first-order valence-corrected chi connectivity index (χ1v) is 6.57. The summed E-state index contributed by atoms with van der Waals surface area (Å²) in [5.41, 5.74) is 2.14. The van der Waals surface area contributed by atoms with Crippen LogP contribution < -0.4 is 0 Å². The van der Waals surface area contributed by atoms with Gasteiger partial charge in [0.2, 0.25) is 0 Å². The Morgan fingerprint density at radius 1 is 1.00 bits per heavy atom. The van der Waals surface area contributed by atoms with Crippen molar-refractivity contribution < 1.29 is 9.53 Å². The molecule has 20 heavy (non-hydrogen) atoms. The van der Waals surface area contributed by atoms with E-state index in [0.29, 0.717) is 18.8 Å². The number of nitrogens with zero attached hydrogens (tertiary/aromatic N) is 1. The summed E-state index contributed by atoms with van der Waals surface area (Å²) in [6.45, 7) is 1.09. The van der Waals surface area contributed by atoms with Gasteiger partial charge in [0.05, 0.1) is 6.54 Å². The molecular weight excluding hydrogens is 250 g/mol. The molecule has 0 aromatic heterocycles. The van der Waals surface area contributed by atoms with Crippen LogP contribution in [0.3, 0.4) is 0 Å². The maximum atomic E-state index is 11.8. The van der Waals surface area contributed by atoms with Crippen LogP contribution in [0.1, 0.15) is 11.1 Å². The summed E-state index contributed by atoms with van der Waals surface area (Å²) in [5.74, 6) is 0.692. The molecule has 2 aromatic carbocycles. The standard InChI is InChI=1S/C17H15NO2/c19-17-18(12-15-9-5-2-6-10-15)13-16(20-17)11-14-7-3-1-4-8-14/h1-11H,12-13H2. The van der Waals surface area contributed by atoms with E-state index in [2.05, 4.69) is 0 Å². The van der Waals surface area contributed by atoms with Gasteiger partial charge in [-0.1, -0.05) is 60.7 Å². The highest BCUT2D eigenvalue weighted by molar-refractivity contribution is 5.74. The molecule has 3 rings (SSSR count). The second-order valence-electron chi connectivity index (χ2n) is 4.73. The van der Waals surface area contributed by atoms with E-state index in [1.165, 1.54) is 0 Å². The predicted molar refractivity (Wildman–Crippen MR) is 77.8 cm³/mol. The molecule has 0 saturated carbocycles. The summed E-state index contributed by atoms with van der Waals surface area (Å²) in [6, 6.07) is 19.8. The topological polar surface area (TPSA) is 29.5 Å². The van der Waals surface area contributed by atoms with Crippen molar-refractivity contribution in [3.8, 4) is 0 Å². The molecule has 3 heteroatoms. The van der Waals surface area contributed by atoms with Crippen molar-refractivity contribution in [2.45, 2.75) is 6.54 Å². The molecule has 0 radical (unpaired) electrons. The van der Waals surface area contributed by atoms with E-state index in [4.69, 9.17) is 4.74 Å². The van der Waals surface area contributed by atoms with Crippen LogP contribution in [0.25, 0.3) is 6.08 Å².